The topological polar surface area (TPSA) is 49.4 Å². The third-order valence-corrected chi connectivity index (χ3v) is 7.82. The Morgan fingerprint density at radius 1 is 0.919 bits per heavy atom. The van der Waals surface area contributed by atoms with E-state index in [1.54, 1.807) is 23.1 Å². The zero-order chi connectivity index (χ0) is 26.8. The summed E-state index contributed by atoms with van der Waals surface area (Å²) >= 11 is 20.2. The first-order valence-electron chi connectivity index (χ1n) is 12.2. The van der Waals surface area contributed by atoms with Crippen LogP contribution in [-0.4, -0.2) is 34.6 Å². The molecule has 2 amide bonds. The van der Waals surface area contributed by atoms with Gasteiger partial charge in [-0.1, -0.05) is 90.3 Å². The summed E-state index contributed by atoms with van der Waals surface area (Å²) in [5.41, 5.74) is 2.74. The summed E-state index contributed by atoms with van der Waals surface area (Å²) < 4.78 is 0. The average Bonchev–Trinajstić information content (AvgIpc) is 2.87. The van der Waals surface area contributed by atoms with Crippen molar-refractivity contribution >= 4 is 58.4 Å². The van der Waals surface area contributed by atoms with E-state index in [-0.39, 0.29) is 30.2 Å². The number of hydrogen-bond acceptors (Lipinski definition) is 3. The molecule has 3 aromatic rings. The van der Waals surface area contributed by atoms with E-state index >= 15 is 0 Å². The second-order valence-corrected chi connectivity index (χ2v) is 11.2. The number of rotatable bonds is 12. The zero-order valence-electron chi connectivity index (χ0n) is 20.9. The van der Waals surface area contributed by atoms with Gasteiger partial charge in [-0.3, -0.25) is 9.59 Å². The van der Waals surface area contributed by atoms with E-state index in [0.29, 0.717) is 27.2 Å². The van der Waals surface area contributed by atoms with E-state index in [2.05, 4.69) is 5.32 Å². The van der Waals surface area contributed by atoms with E-state index in [1.165, 1.54) is 11.8 Å². The predicted molar refractivity (Wildman–Crippen MR) is 156 cm³/mol. The lowest BCUT2D eigenvalue weighted by atomic mass is 10.0. The van der Waals surface area contributed by atoms with Crippen LogP contribution in [0.3, 0.4) is 0 Å². The Kier molecular flexibility index (Phi) is 11.7. The minimum Gasteiger partial charge on any atom is -0.352 e. The lowest BCUT2D eigenvalue weighted by Crippen LogP contribution is -2.52. The summed E-state index contributed by atoms with van der Waals surface area (Å²) in [6, 6.07) is 21.8. The summed E-state index contributed by atoms with van der Waals surface area (Å²) in [6.07, 6.45) is 1.18. The van der Waals surface area contributed by atoms with Crippen molar-refractivity contribution in [1.29, 1.82) is 0 Å². The van der Waals surface area contributed by atoms with Gasteiger partial charge >= 0.3 is 0 Å². The van der Waals surface area contributed by atoms with Gasteiger partial charge in [-0.25, -0.2) is 0 Å². The highest BCUT2D eigenvalue weighted by Gasteiger charge is 2.31. The Morgan fingerprint density at radius 2 is 1.62 bits per heavy atom. The summed E-state index contributed by atoms with van der Waals surface area (Å²) in [6.45, 7) is 4.17. The Labute approximate surface area is 238 Å². The normalized spacial score (nSPS) is 12.6. The third kappa shape index (κ3) is 9.26. The second kappa shape index (κ2) is 14.7. The van der Waals surface area contributed by atoms with Crippen molar-refractivity contribution < 1.29 is 9.59 Å². The SMILES string of the molecule is CC[C@H](C)NC(=O)[C@@H](Cc1ccccc1)N(Cc1ccc(Cl)cc1Cl)C(=O)CSCc1cccc(Cl)c1. The molecule has 0 saturated carbocycles. The fraction of sp³-hybridized carbons (Fsp3) is 0.310. The van der Waals surface area contributed by atoms with Crippen LogP contribution < -0.4 is 5.32 Å². The molecule has 0 aliphatic rings. The summed E-state index contributed by atoms with van der Waals surface area (Å²) in [5, 5.41) is 4.70. The molecule has 0 fully saturated rings. The number of halogens is 3. The molecule has 0 heterocycles. The average molecular weight is 578 g/mol. The van der Waals surface area contributed by atoms with Gasteiger partial charge in [-0.05, 0) is 54.3 Å². The molecule has 2 atom stereocenters. The molecule has 1 N–H and O–H groups in total. The van der Waals surface area contributed by atoms with Crippen LogP contribution in [0.25, 0.3) is 0 Å². The molecule has 0 aromatic heterocycles. The van der Waals surface area contributed by atoms with E-state index in [1.807, 2.05) is 68.4 Å². The van der Waals surface area contributed by atoms with Crippen LogP contribution in [0.15, 0.2) is 72.8 Å². The molecule has 8 heteroatoms. The maximum Gasteiger partial charge on any atom is 0.243 e. The van der Waals surface area contributed by atoms with E-state index in [0.717, 1.165) is 23.1 Å². The highest BCUT2D eigenvalue weighted by atomic mass is 35.5. The highest BCUT2D eigenvalue weighted by Crippen LogP contribution is 2.25. The molecule has 0 unspecified atom stereocenters. The lowest BCUT2D eigenvalue weighted by Gasteiger charge is -2.32. The van der Waals surface area contributed by atoms with Crippen molar-refractivity contribution in [3.8, 4) is 0 Å². The van der Waals surface area contributed by atoms with Crippen molar-refractivity contribution in [2.45, 2.75) is 51.1 Å². The zero-order valence-corrected chi connectivity index (χ0v) is 24.0. The molecule has 0 aliphatic heterocycles. The van der Waals surface area contributed by atoms with Gasteiger partial charge < -0.3 is 10.2 Å². The highest BCUT2D eigenvalue weighted by molar-refractivity contribution is 7.99. The molecule has 0 aliphatic carbocycles. The molecule has 0 saturated heterocycles. The van der Waals surface area contributed by atoms with Gasteiger partial charge in [0.2, 0.25) is 11.8 Å². The minimum absolute atomic E-state index is 0.0148. The number of hydrogen-bond donors (Lipinski definition) is 1. The number of nitrogens with one attached hydrogen (secondary N) is 1. The van der Waals surface area contributed by atoms with Crippen LogP contribution in [0.4, 0.5) is 0 Å². The first-order chi connectivity index (χ1) is 17.8. The molecule has 3 rings (SSSR count). The van der Waals surface area contributed by atoms with Crippen molar-refractivity contribution in [1.82, 2.24) is 10.2 Å². The molecular formula is C29H31Cl3N2O2S. The number of nitrogens with zero attached hydrogens (tertiary/aromatic N) is 1. The van der Waals surface area contributed by atoms with E-state index in [4.69, 9.17) is 34.8 Å². The molecule has 0 radical (unpaired) electrons. The predicted octanol–water partition coefficient (Wildman–Crippen LogP) is 7.43. The van der Waals surface area contributed by atoms with Gasteiger partial charge in [0.15, 0.2) is 0 Å². The molecule has 37 heavy (non-hydrogen) atoms. The Bertz CT molecular complexity index is 1190. The van der Waals surface area contributed by atoms with Gasteiger partial charge in [-0.15, -0.1) is 11.8 Å². The first-order valence-corrected chi connectivity index (χ1v) is 14.5. The standard InChI is InChI=1S/C29H31Cl3N2O2S/c1-3-20(2)33-29(36)27(15-21-8-5-4-6-9-21)34(17-23-12-13-25(31)16-26(23)32)28(35)19-37-18-22-10-7-11-24(30)14-22/h4-14,16,20,27H,3,15,17-19H2,1-2H3,(H,33,36)/t20-,27+/m0/s1. The fourth-order valence-electron chi connectivity index (χ4n) is 3.79. The number of benzene rings is 3. The minimum atomic E-state index is -0.706. The number of carbonyl (C=O) groups excluding carboxylic acids is 2. The van der Waals surface area contributed by atoms with Crippen molar-refractivity contribution in [2.75, 3.05) is 5.75 Å². The van der Waals surface area contributed by atoms with Gasteiger partial charge in [0.1, 0.15) is 6.04 Å². The van der Waals surface area contributed by atoms with Crippen LogP contribution in [-0.2, 0) is 28.3 Å². The smallest absolute Gasteiger partial charge is 0.243 e. The van der Waals surface area contributed by atoms with Gasteiger partial charge in [0.25, 0.3) is 0 Å². The van der Waals surface area contributed by atoms with Crippen LogP contribution in [0.2, 0.25) is 15.1 Å². The lowest BCUT2D eigenvalue weighted by molar-refractivity contribution is -0.139. The van der Waals surface area contributed by atoms with Crippen LogP contribution >= 0.6 is 46.6 Å². The fourth-order valence-corrected chi connectivity index (χ4v) is 5.33. The van der Waals surface area contributed by atoms with Crippen LogP contribution in [0, 0.1) is 0 Å². The van der Waals surface area contributed by atoms with E-state index in [9.17, 15) is 9.59 Å². The number of amides is 2. The van der Waals surface area contributed by atoms with Crippen molar-refractivity contribution in [2.24, 2.45) is 0 Å². The van der Waals surface area contributed by atoms with Gasteiger partial charge in [0.05, 0.1) is 5.75 Å². The number of thioether (sulfide) groups is 1. The van der Waals surface area contributed by atoms with Crippen LogP contribution in [0.1, 0.15) is 37.0 Å². The molecule has 0 bridgehead atoms. The number of carbonyl (C=O) groups is 2. The Morgan fingerprint density at radius 3 is 2.30 bits per heavy atom. The molecule has 4 nitrogen and oxygen atoms in total. The van der Waals surface area contributed by atoms with Crippen LogP contribution in [0.5, 0.6) is 0 Å². The van der Waals surface area contributed by atoms with Gasteiger partial charge in [0, 0.05) is 39.8 Å². The summed E-state index contributed by atoms with van der Waals surface area (Å²) in [7, 11) is 0. The molecular weight excluding hydrogens is 547 g/mol. The third-order valence-electron chi connectivity index (χ3n) is 6.01. The first kappa shape index (κ1) is 29.4. The molecule has 3 aromatic carbocycles. The summed E-state index contributed by atoms with van der Waals surface area (Å²) in [4.78, 5) is 28.9. The van der Waals surface area contributed by atoms with E-state index < -0.39 is 6.04 Å². The Balaban J connectivity index is 1.89. The van der Waals surface area contributed by atoms with Crippen molar-refractivity contribution in [3.05, 3.63) is 105 Å². The quantitative estimate of drug-likeness (QED) is 0.243. The second-order valence-electron chi connectivity index (χ2n) is 8.90. The maximum absolute atomic E-state index is 13.7. The molecule has 196 valence electrons. The van der Waals surface area contributed by atoms with Crippen molar-refractivity contribution in [3.63, 3.8) is 0 Å². The Hall–Kier alpha value is -2.18. The maximum atomic E-state index is 13.7. The largest absolute Gasteiger partial charge is 0.352 e. The van der Waals surface area contributed by atoms with Gasteiger partial charge in [-0.2, -0.15) is 0 Å². The molecule has 0 spiro atoms. The monoisotopic (exact) mass is 576 g/mol. The summed E-state index contributed by atoms with van der Waals surface area (Å²) in [5.74, 6) is 0.513.